The van der Waals surface area contributed by atoms with Gasteiger partial charge >= 0.3 is 0 Å². The molecule has 0 aliphatic heterocycles. The van der Waals surface area contributed by atoms with Crippen LogP contribution < -0.4 is 4.74 Å². The molecule has 0 unspecified atom stereocenters. The Morgan fingerprint density at radius 2 is 2.00 bits per heavy atom. The standard InChI is InChI=1S/C14H18O2/c1-11-5-6-13(16-2)12(9-11)14(10-15)7-3-4-8-14/h5-6,9-10H,3-4,7-8H2,1-2H3. The molecule has 1 aromatic rings. The SMILES string of the molecule is COc1ccc(C)cc1C1(C=O)CCCC1. The van der Waals surface area contributed by atoms with Crippen molar-refractivity contribution in [1.29, 1.82) is 0 Å². The third kappa shape index (κ3) is 1.73. The van der Waals surface area contributed by atoms with Crippen LogP contribution in [0.4, 0.5) is 0 Å². The zero-order valence-corrected chi connectivity index (χ0v) is 9.95. The lowest BCUT2D eigenvalue weighted by Gasteiger charge is -2.25. The molecule has 0 spiro atoms. The Labute approximate surface area is 96.6 Å². The van der Waals surface area contributed by atoms with Crippen LogP contribution in [-0.2, 0) is 10.2 Å². The summed E-state index contributed by atoms with van der Waals surface area (Å²) in [6.45, 7) is 2.05. The lowest BCUT2D eigenvalue weighted by molar-refractivity contribution is -0.112. The van der Waals surface area contributed by atoms with E-state index < -0.39 is 0 Å². The van der Waals surface area contributed by atoms with Gasteiger partial charge in [0.15, 0.2) is 0 Å². The van der Waals surface area contributed by atoms with Crippen molar-refractivity contribution in [3.63, 3.8) is 0 Å². The summed E-state index contributed by atoms with van der Waals surface area (Å²) in [5.74, 6) is 0.847. The van der Waals surface area contributed by atoms with Crippen molar-refractivity contribution in [2.75, 3.05) is 7.11 Å². The Balaban J connectivity index is 2.51. The minimum Gasteiger partial charge on any atom is -0.496 e. The first kappa shape index (κ1) is 11.2. The fraction of sp³-hybridized carbons (Fsp3) is 0.500. The minimum absolute atomic E-state index is 0.294. The highest BCUT2D eigenvalue weighted by Gasteiger charge is 2.37. The van der Waals surface area contributed by atoms with Crippen molar-refractivity contribution >= 4 is 6.29 Å². The zero-order chi connectivity index (χ0) is 11.6. The fourth-order valence-electron chi connectivity index (χ4n) is 2.67. The molecule has 1 saturated carbocycles. The maximum Gasteiger partial charge on any atom is 0.130 e. The summed E-state index contributed by atoms with van der Waals surface area (Å²) in [6, 6.07) is 6.09. The van der Waals surface area contributed by atoms with Crippen molar-refractivity contribution < 1.29 is 9.53 Å². The van der Waals surface area contributed by atoms with Gasteiger partial charge in [0.1, 0.15) is 12.0 Å². The topological polar surface area (TPSA) is 26.3 Å². The van der Waals surface area contributed by atoms with E-state index in [2.05, 4.69) is 13.0 Å². The molecule has 1 aliphatic rings. The molecule has 0 radical (unpaired) electrons. The van der Waals surface area contributed by atoms with Gasteiger partial charge in [-0.1, -0.05) is 30.5 Å². The molecule has 0 heterocycles. The Bertz CT molecular complexity index is 390. The predicted molar refractivity (Wildman–Crippen MR) is 63.9 cm³/mol. The van der Waals surface area contributed by atoms with E-state index >= 15 is 0 Å². The van der Waals surface area contributed by atoms with Crippen LogP contribution in [0, 0.1) is 6.92 Å². The summed E-state index contributed by atoms with van der Waals surface area (Å²) < 4.78 is 5.38. The monoisotopic (exact) mass is 218 g/mol. The van der Waals surface area contributed by atoms with Gasteiger partial charge in [-0.2, -0.15) is 0 Å². The van der Waals surface area contributed by atoms with E-state index in [0.29, 0.717) is 0 Å². The average molecular weight is 218 g/mol. The number of aryl methyl sites for hydroxylation is 1. The number of benzene rings is 1. The molecule has 2 rings (SSSR count). The number of ether oxygens (including phenoxy) is 1. The second kappa shape index (κ2) is 4.28. The van der Waals surface area contributed by atoms with E-state index in [1.165, 1.54) is 5.56 Å². The highest BCUT2D eigenvalue weighted by molar-refractivity contribution is 5.71. The first-order chi connectivity index (χ1) is 7.72. The van der Waals surface area contributed by atoms with Crippen molar-refractivity contribution in [3.05, 3.63) is 29.3 Å². The Morgan fingerprint density at radius 1 is 1.31 bits per heavy atom. The van der Waals surface area contributed by atoms with E-state index in [1.54, 1.807) is 7.11 Å². The third-order valence-electron chi connectivity index (χ3n) is 3.61. The summed E-state index contributed by atoms with van der Waals surface area (Å²) in [6.07, 6.45) is 5.30. The van der Waals surface area contributed by atoms with Gasteiger partial charge in [-0.05, 0) is 25.8 Å². The second-order valence-electron chi connectivity index (χ2n) is 4.68. The van der Waals surface area contributed by atoms with Gasteiger partial charge in [-0.25, -0.2) is 0 Å². The van der Waals surface area contributed by atoms with Crippen LogP contribution in [0.25, 0.3) is 0 Å². The first-order valence-corrected chi connectivity index (χ1v) is 5.83. The molecular formula is C14H18O2. The molecule has 0 bridgehead atoms. The van der Waals surface area contributed by atoms with Crippen LogP contribution >= 0.6 is 0 Å². The molecule has 1 aliphatic carbocycles. The summed E-state index contributed by atoms with van der Waals surface area (Å²) >= 11 is 0. The smallest absolute Gasteiger partial charge is 0.130 e. The Hall–Kier alpha value is -1.31. The number of carbonyl (C=O) groups excluding carboxylic acids is 1. The lowest BCUT2D eigenvalue weighted by Crippen LogP contribution is -2.24. The average Bonchev–Trinajstić information content (AvgIpc) is 2.78. The predicted octanol–water partition coefficient (Wildman–Crippen LogP) is 3.01. The molecule has 0 amide bonds. The highest BCUT2D eigenvalue weighted by atomic mass is 16.5. The van der Waals surface area contributed by atoms with Crippen molar-refractivity contribution in [3.8, 4) is 5.75 Å². The number of methoxy groups -OCH3 is 1. The van der Waals surface area contributed by atoms with Crippen molar-refractivity contribution in [2.24, 2.45) is 0 Å². The van der Waals surface area contributed by atoms with E-state index in [0.717, 1.165) is 43.3 Å². The van der Waals surface area contributed by atoms with Crippen LogP contribution in [0.2, 0.25) is 0 Å². The summed E-state index contributed by atoms with van der Waals surface area (Å²) in [4.78, 5) is 11.5. The molecule has 2 heteroatoms. The van der Waals surface area contributed by atoms with E-state index in [4.69, 9.17) is 4.74 Å². The molecule has 1 fully saturated rings. The molecule has 0 atom stereocenters. The van der Waals surface area contributed by atoms with Gasteiger partial charge in [-0.15, -0.1) is 0 Å². The first-order valence-electron chi connectivity index (χ1n) is 5.83. The molecule has 0 saturated heterocycles. The van der Waals surface area contributed by atoms with Gasteiger partial charge in [0.2, 0.25) is 0 Å². The third-order valence-corrected chi connectivity index (χ3v) is 3.61. The number of aldehydes is 1. The van der Waals surface area contributed by atoms with Gasteiger partial charge < -0.3 is 9.53 Å². The number of hydrogen-bond donors (Lipinski definition) is 0. The quantitative estimate of drug-likeness (QED) is 0.729. The van der Waals surface area contributed by atoms with Crippen LogP contribution in [0.1, 0.15) is 36.8 Å². The largest absolute Gasteiger partial charge is 0.496 e. The van der Waals surface area contributed by atoms with E-state index in [1.807, 2.05) is 12.1 Å². The number of carbonyl (C=O) groups is 1. The minimum atomic E-state index is -0.294. The van der Waals surface area contributed by atoms with Crippen LogP contribution in [-0.4, -0.2) is 13.4 Å². The van der Waals surface area contributed by atoms with Crippen LogP contribution in [0.5, 0.6) is 5.75 Å². The highest BCUT2D eigenvalue weighted by Crippen LogP contribution is 2.43. The summed E-state index contributed by atoms with van der Waals surface area (Å²) in [5.41, 5.74) is 1.96. The van der Waals surface area contributed by atoms with Crippen LogP contribution in [0.3, 0.4) is 0 Å². The molecular weight excluding hydrogens is 200 g/mol. The van der Waals surface area contributed by atoms with E-state index in [-0.39, 0.29) is 5.41 Å². The Kier molecular flexibility index (Phi) is 2.99. The van der Waals surface area contributed by atoms with Crippen molar-refractivity contribution in [1.82, 2.24) is 0 Å². The fourth-order valence-corrected chi connectivity index (χ4v) is 2.67. The number of rotatable bonds is 3. The Morgan fingerprint density at radius 3 is 2.56 bits per heavy atom. The van der Waals surface area contributed by atoms with Gasteiger partial charge in [0.05, 0.1) is 12.5 Å². The molecule has 0 N–H and O–H groups in total. The molecule has 0 aromatic heterocycles. The van der Waals surface area contributed by atoms with Crippen LogP contribution in [0.15, 0.2) is 18.2 Å². The molecule has 16 heavy (non-hydrogen) atoms. The second-order valence-corrected chi connectivity index (χ2v) is 4.68. The zero-order valence-electron chi connectivity index (χ0n) is 9.95. The lowest BCUT2D eigenvalue weighted by atomic mass is 9.79. The van der Waals surface area contributed by atoms with Gasteiger partial charge in [-0.3, -0.25) is 0 Å². The van der Waals surface area contributed by atoms with Crippen molar-refractivity contribution in [2.45, 2.75) is 38.0 Å². The maximum atomic E-state index is 11.5. The van der Waals surface area contributed by atoms with E-state index in [9.17, 15) is 4.79 Å². The molecule has 1 aromatic carbocycles. The van der Waals surface area contributed by atoms with Gasteiger partial charge in [0, 0.05) is 5.56 Å². The van der Waals surface area contributed by atoms with Gasteiger partial charge in [0.25, 0.3) is 0 Å². The number of hydrogen-bond acceptors (Lipinski definition) is 2. The normalized spacial score (nSPS) is 18.4. The maximum absolute atomic E-state index is 11.5. The summed E-state index contributed by atoms with van der Waals surface area (Å²) in [5, 5.41) is 0. The molecule has 86 valence electrons. The molecule has 2 nitrogen and oxygen atoms in total. The summed E-state index contributed by atoms with van der Waals surface area (Å²) in [7, 11) is 1.67.